The van der Waals surface area contributed by atoms with Crippen LogP contribution in [-0.4, -0.2) is 28.7 Å². The van der Waals surface area contributed by atoms with Gasteiger partial charge in [-0.05, 0) is 44.8 Å². The third kappa shape index (κ3) is 7.02. The topological polar surface area (TPSA) is 35.5 Å². The second kappa shape index (κ2) is 6.69. The molecule has 1 atom stereocenters. The van der Waals surface area contributed by atoms with E-state index in [1.807, 2.05) is 50.0 Å². The Morgan fingerprint density at radius 1 is 1.00 bits per heavy atom. The fraction of sp³-hybridized carbons (Fsp3) is 0.533. The Morgan fingerprint density at radius 2 is 1.55 bits per heavy atom. The smallest absolute Gasteiger partial charge is 0.321 e. The van der Waals surface area contributed by atoms with Gasteiger partial charge in [-0.25, -0.2) is 0 Å². The molecule has 1 rings (SSSR count). The normalized spacial score (nSPS) is 13.9. The third-order valence-corrected chi connectivity index (χ3v) is 4.23. The molecule has 0 spiro atoms. The Bertz CT molecular complexity index is 433. The predicted octanol–water partition coefficient (Wildman–Crippen LogP) is 3.83. The molecule has 112 valence electrons. The van der Waals surface area contributed by atoms with Gasteiger partial charge in [0.1, 0.15) is 6.10 Å². The van der Waals surface area contributed by atoms with Crippen molar-refractivity contribution in [3.63, 3.8) is 0 Å². The van der Waals surface area contributed by atoms with Crippen molar-refractivity contribution in [2.75, 3.05) is 0 Å². The van der Waals surface area contributed by atoms with Crippen molar-refractivity contribution in [2.24, 2.45) is 0 Å². The zero-order chi connectivity index (χ0) is 15.4. The SMILES string of the molecule is C[Si](C)(C)OC(=O)C(Cc1ccccc1)O[Si](C)(C)C. The summed E-state index contributed by atoms with van der Waals surface area (Å²) in [6, 6.07) is 9.96. The van der Waals surface area contributed by atoms with Crippen molar-refractivity contribution in [3.05, 3.63) is 35.9 Å². The molecule has 1 aromatic carbocycles. The molecule has 0 saturated heterocycles. The molecule has 0 amide bonds. The minimum absolute atomic E-state index is 0.213. The quantitative estimate of drug-likeness (QED) is 0.749. The van der Waals surface area contributed by atoms with Gasteiger partial charge in [0.15, 0.2) is 8.32 Å². The lowest BCUT2D eigenvalue weighted by molar-refractivity contribution is -0.143. The van der Waals surface area contributed by atoms with E-state index in [0.29, 0.717) is 6.42 Å². The molecule has 20 heavy (non-hydrogen) atoms. The van der Waals surface area contributed by atoms with Crippen LogP contribution in [0.25, 0.3) is 0 Å². The molecule has 3 nitrogen and oxygen atoms in total. The highest BCUT2D eigenvalue weighted by molar-refractivity contribution is 6.71. The molecule has 0 aliphatic rings. The summed E-state index contributed by atoms with van der Waals surface area (Å²) in [5.41, 5.74) is 1.10. The Labute approximate surface area is 124 Å². The highest BCUT2D eigenvalue weighted by Crippen LogP contribution is 2.16. The summed E-state index contributed by atoms with van der Waals surface area (Å²) in [5, 5.41) is 0. The lowest BCUT2D eigenvalue weighted by Crippen LogP contribution is -2.42. The van der Waals surface area contributed by atoms with E-state index < -0.39 is 22.7 Å². The maximum absolute atomic E-state index is 12.4. The van der Waals surface area contributed by atoms with E-state index in [0.717, 1.165) is 5.56 Å². The van der Waals surface area contributed by atoms with Gasteiger partial charge in [-0.1, -0.05) is 30.3 Å². The number of carbonyl (C=O) groups excluding carboxylic acids is 1. The van der Waals surface area contributed by atoms with Crippen molar-refractivity contribution < 1.29 is 13.6 Å². The first-order valence-corrected chi connectivity index (χ1v) is 13.8. The average molecular weight is 311 g/mol. The van der Waals surface area contributed by atoms with Gasteiger partial charge in [-0.15, -0.1) is 0 Å². The van der Waals surface area contributed by atoms with Crippen LogP contribution in [0.3, 0.4) is 0 Å². The van der Waals surface area contributed by atoms with Crippen LogP contribution in [0.5, 0.6) is 0 Å². The van der Waals surface area contributed by atoms with E-state index in [9.17, 15) is 4.79 Å². The molecule has 0 fully saturated rings. The minimum atomic E-state index is -1.89. The van der Waals surface area contributed by atoms with Gasteiger partial charge in [0.05, 0.1) is 0 Å². The standard InChI is InChI=1S/C15H26O3Si2/c1-19(2,3)17-14(15(16)18-20(4,5)6)12-13-10-8-7-9-11-13/h7-11,14H,12H2,1-6H3. The molecule has 0 aliphatic carbocycles. The van der Waals surface area contributed by atoms with Crippen molar-refractivity contribution >= 4 is 22.6 Å². The van der Waals surface area contributed by atoms with Crippen molar-refractivity contribution in [1.29, 1.82) is 0 Å². The Hall–Kier alpha value is -0.916. The van der Waals surface area contributed by atoms with E-state index in [4.69, 9.17) is 8.85 Å². The summed E-state index contributed by atoms with van der Waals surface area (Å²) in [4.78, 5) is 12.4. The first-order valence-electron chi connectivity index (χ1n) is 7.01. The van der Waals surface area contributed by atoms with Crippen LogP contribution < -0.4 is 0 Å². The van der Waals surface area contributed by atoms with E-state index in [-0.39, 0.29) is 5.97 Å². The van der Waals surface area contributed by atoms with Crippen LogP contribution in [0.15, 0.2) is 30.3 Å². The average Bonchev–Trinajstić information content (AvgIpc) is 2.25. The van der Waals surface area contributed by atoms with E-state index in [2.05, 4.69) is 19.6 Å². The molecule has 1 aromatic rings. The van der Waals surface area contributed by atoms with E-state index >= 15 is 0 Å². The second-order valence-electron chi connectivity index (χ2n) is 6.94. The number of hydrogen-bond acceptors (Lipinski definition) is 3. The summed E-state index contributed by atoms with van der Waals surface area (Å²) in [7, 11) is -3.69. The zero-order valence-electron chi connectivity index (χ0n) is 13.4. The number of carbonyl (C=O) groups is 1. The molecule has 0 aliphatic heterocycles. The van der Waals surface area contributed by atoms with Crippen LogP contribution in [0.1, 0.15) is 5.56 Å². The monoisotopic (exact) mass is 310 g/mol. The molecular weight excluding hydrogens is 284 g/mol. The van der Waals surface area contributed by atoms with Crippen LogP contribution in [0, 0.1) is 0 Å². The highest BCUT2D eigenvalue weighted by atomic mass is 28.4. The predicted molar refractivity (Wildman–Crippen MR) is 87.8 cm³/mol. The summed E-state index contributed by atoms with van der Waals surface area (Å²) in [6.07, 6.45) is 0.0878. The molecule has 0 radical (unpaired) electrons. The third-order valence-electron chi connectivity index (χ3n) is 2.43. The molecule has 0 aromatic heterocycles. The van der Waals surface area contributed by atoms with Crippen LogP contribution in [0.4, 0.5) is 0 Å². The number of rotatable bonds is 6. The van der Waals surface area contributed by atoms with Crippen molar-refractivity contribution in [2.45, 2.75) is 51.8 Å². The molecule has 1 unspecified atom stereocenters. The Morgan fingerprint density at radius 3 is 2.00 bits per heavy atom. The van der Waals surface area contributed by atoms with Gasteiger partial charge in [0.2, 0.25) is 8.32 Å². The van der Waals surface area contributed by atoms with Crippen LogP contribution >= 0.6 is 0 Å². The second-order valence-corrected chi connectivity index (χ2v) is 15.8. The number of benzene rings is 1. The molecule has 0 bridgehead atoms. The Kier molecular flexibility index (Phi) is 5.73. The van der Waals surface area contributed by atoms with Crippen LogP contribution in [-0.2, 0) is 20.1 Å². The maximum Gasteiger partial charge on any atom is 0.321 e. The zero-order valence-corrected chi connectivity index (χ0v) is 15.4. The largest absolute Gasteiger partial charge is 0.518 e. The van der Waals surface area contributed by atoms with Crippen molar-refractivity contribution in [1.82, 2.24) is 0 Å². The highest BCUT2D eigenvalue weighted by Gasteiger charge is 2.31. The van der Waals surface area contributed by atoms with Gasteiger partial charge in [-0.2, -0.15) is 0 Å². The maximum atomic E-state index is 12.4. The van der Waals surface area contributed by atoms with Gasteiger partial charge in [0, 0.05) is 6.42 Å². The first kappa shape index (κ1) is 17.1. The molecule has 0 saturated carbocycles. The summed E-state index contributed by atoms with van der Waals surface area (Å²) in [5.74, 6) is -0.213. The molecule has 0 heterocycles. The summed E-state index contributed by atoms with van der Waals surface area (Å²) < 4.78 is 11.7. The van der Waals surface area contributed by atoms with Crippen molar-refractivity contribution in [3.8, 4) is 0 Å². The fourth-order valence-corrected chi connectivity index (χ4v) is 3.56. The van der Waals surface area contributed by atoms with Gasteiger partial charge >= 0.3 is 5.97 Å². The lowest BCUT2D eigenvalue weighted by atomic mass is 10.1. The Balaban J connectivity index is 2.83. The fourth-order valence-electron chi connectivity index (χ4n) is 1.80. The summed E-state index contributed by atoms with van der Waals surface area (Å²) in [6.45, 7) is 12.3. The summed E-state index contributed by atoms with van der Waals surface area (Å²) >= 11 is 0. The van der Waals surface area contributed by atoms with Gasteiger partial charge in [-0.3, -0.25) is 4.79 Å². The number of hydrogen-bond donors (Lipinski definition) is 0. The molecular formula is C15H26O3Si2. The van der Waals surface area contributed by atoms with Gasteiger partial charge in [0.25, 0.3) is 0 Å². The van der Waals surface area contributed by atoms with Gasteiger partial charge < -0.3 is 8.85 Å². The molecule has 0 N–H and O–H groups in total. The first-order chi connectivity index (χ1) is 9.07. The lowest BCUT2D eigenvalue weighted by Gasteiger charge is -2.28. The molecule has 5 heteroatoms. The van der Waals surface area contributed by atoms with E-state index in [1.54, 1.807) is 0 Å². The van der Waals surface area contributed by atoms with E-state index in [1.165, 1.54) is 0 Å². The minimum Gasteiger partial charge on any atom is -0.518 e. The van der Waals surface area contributed by atoms with Crippen LogP contribution in [0.2, 0.25) is 39.3 Å².